The molecule has 4 rings (SSSR count). The van der Waals surface area contributed by atoms with Crippen molar-refractivity contribution in [2.75, 3.05) is 7.11 Å². The predicted molar refractivity (Wildman–Crippen MR) is 123 cm³/mol. The van der Waals surface area contributed by atoms with Gasteiger partial charge in [-0.1, -0.05) is 37.6 Å². The fourth-order valence-corrected chi connectivity index (χ4v) is 4.24. The molecule has 6 nitrogen and oxygen atoms in total. The predicted octanol–water partition coefficient (Wildman–Crippen LogP) is 5.46. The number of hydrogen-bond donors (Lipinski definition) is 0. The summed E-state index contributed by atoms with van der Waals surface area (Å²) in [5, 5.41) is 10.4. The second-order valence-corrected chi connectivity index (χ2v) is 7.97. The molecule has 0 amide bonds. The monoisotopic (exact) mass is 446 g/mol. The first-order valence-electron chi connectivity index (χ1n) is 9.70. The van der Waals surface area contributed by atoms with Gasteiger partial charge in [-0.05, 0) is 38.5 Å². The first-order valence-corrected chi connectivity index (χ1v) is 10.9. The average Bonchev–Trinajstić information content (AvgIpc) is 3.19. The number of fused-ring (bicyclic) bond motifs is 3. The van der Waals surface area contributed by atoms with Crippen LogP contribution in [0.3, 0.4) is 0 Å². The van der Waals surface area contributed by atoms with Crippen LogP contribution < -0.4 is 0 Å². The molecule has 2 aromatic heterocycles. The minimum Gasteiger partial charge on any atom is -0.469 e. The SMILES string of the molecule is CC.COC(C)=O.Cc1sc2c(c1C)C(c1ccc(Cl)cc1)=NCc1nnc(C)n1-2. The maximum absolute atomic E-state index is 9.59. The number of halogens is 1. The number of nitrogens with zero attached hydrogens (tertiary/aromatic N) is 4. The molecule has 0 radical (unpaired) electrons. The molecule has 30 heavy (non-hydrogen) atoms. The molecule has 0 N–H and O–H groups in total. The van der Waals surface area contributed by atoms with Gasteiger partial charge in [0.1, 0.15) is 17.4 Å². The smallest absolute Gasteiger partial charge is 0.302 e. The summed E-state index contributed by atoms with van der Waals surface area (Å²) in [5.74, 6) is 1.54. The molecule has 0 saturated carbocycles. The van der Waals surface area contributed by atoms with E-state index < -0.39 is 0 Å². The molecular formula is C22H27ClN4O2S. The molecule has 3 aromatic rings. The van der Waals surface area contributed by atoms with E-state index >= 15 is 0 Å². The summed E-state index contributed by atoms with van der Waals surface area (Å²) in [5.41, 5.74) is 4.52. The Labute approximate surface area is 186 Å². The molecule has 0 spiro atoms. The summed E-state index contributed by atoms with van der Waals surface area (Å²) in [6, 6.07) is 7.86. The second-order valence-electron chi connectivity index (χ2n) is 6.33. The van der Waals surface area contributed by atoms with Crippen LogP contribution in [0.25, 0.3) is 5.00 Å². The first kappa shape index (κ1) is 23.8. The van der Waals surface area contributed by atoms with E-state index in [0.717, 1.165) is 32.9 Å². The van der Waals surface area contributed by atoms with Crippen LogP contribution in [0, 0.1) is 20.8 Å². The molecule has 3 heterocycles. The number of hydrogen-bond acceptors (Lipinski definition) is 6. The van der Waals surface area contributed by atoms with Crippen molar-refractivity contribution in [3.63, 3.8) is 0 Å². The van der Waals surface area contributed by atoms with Crippen molar-refractivity contribution >= 4 is 34.6 Å². The molecule has 0 fully saturated rings. The van der Waals surface area contributed by atoms with Gasteiger partial charge in [0.25, 0.3) is 0 Å². The van der Waals surface area contributed by atoms with Gasteiger partial charge in [0, 0.05) is 28.0 Å². The highest BCUT2D eigenvalue weighted by Gasteiger charge is 2.26. The molecule has 160 valence electrons. The minimum atomic E-state index is -0.245. The van der Waals surface area contributed by atoms with Crippen molar-refractivity contribution in [1.29, 1.82) is 0 Å². The number of thiophene rings is 1. The number of esters is 1. The molecule has 0 bridgehead atoms. The summed E-state index contributed by atoms with van der Waals surface area (Å²) in [6.07, 6.45) is 0. The first-order chi connectivity index (χ1) is 14.3. The molecule has 1 aliphatic heterocycles. The lowest BCUT2D eigenvalue weighted by atomic mass is 10.00. The fourth-order valence-electron chi connectivity index (χ4n) is 2.89. The molecule has 1 aliphatic rings. The van der Waals surface area contributed by atoms with Crippen molar-refractivity contribution < 1.29 is 9.53 Å². The zero-order chi connectivity index (χ0) is 22.4. The van der Waals surface area contributed by atoms with Gasteiger partial charge < -0.3 is 4.74 Å². The quantitative estimate of drug-likeness (QED) is 0.465. The van der Waals surface area contributed by atoms with E-state index in [0.29, 0.717) is 6.54 Å². The molecule has 0 atom stereocenters. The third kappa shape index (κ3) is 4.96. The van der Waals surface area contributed by atoms with E-state index in [1.807, 2.05) is 45.0 Å². The summed E-state index contributed by atoms with van der Waals surface area (Å²) in [4.78, 5) is 15.7. The van der Waals surface area contributed by atoms with Gasteiger partial charge >= 0.3 is 5.97 Å². The summed E-state index contributed by atoms with van der Waals surface area (Å²) >= 11 is 7.80. The average molecular weight is 447 g/mol. The number of aryl methyl sites for hydroxylation is 2. The Morgan fingerprint density at radius 3 is 2.30 bits per heavy atom. The lowest BCUT2D eigenvalue weighted by Crippen LogP contribution is -2.07. The number of aliphatic imine (C=N–C) groups is 1. The number of methoxy groups -OCH3 is 1. The Morgan fingerprint density at radius 2 is 1.73 bits per heavy atom. The standard InChI is InChI=1S/C17H15ClN4S.C3H6O2.C2H6/c1-9-10(2)23-17-15(9)16(12-4-6-13(18)7-5-12)19-8-14-21-20-11(3)22(14)17;1-3(4)5-2;1-2/h4-7H,8H2,1-3H3;1-2H3;1-2H3. The highest BCUT2D eigenvalue weighted by Crippen LogP contribution is 2.36. The number of carbonyl (C=O) groups excluding carboxylic acids is 1. The van der Waals surface area contributed by atoms with Gasteiger partial charge in [0.05, 0.1) is 12.8 Å². The molecule has 0 aliphatic carbocycles. The summed E-state index contributed by atoms with van der Waals surface area (Å²) in [6.45, 7) is 12.2. The van der Waals surface area contributed by atoms with Crippen LogP contribution in [0.15, 0.2) is 29.3 Å². The molecule has 1 aromatic carbocycles. The molecular weight excluding hydrogens is 420 g/mol. The third-order valence-electron chi connectivity index (χ3n) is 4.48. The van der Waals surface area contributed by atoms with Crippen molar-refractivity contribution in [1.82, 2.24) is 14.8 Å². The van der Waals surface area contributed by atoms with Gasteiger partial charge in [-0.2, -0.15) is 0 Å². The van der Waals surface area contributed by atoms with Crippen LogP contribution in [-0.4, -0.2) is 33.6 Å². The Morgan fingerprint density at radius 1 is 1.13 bits per heavy atom. The normalized spacial score (nSPS) is 11.5. The van der Waals surface area contributed by atoms with Crippen LogP contribution in [0.2, 0.25) is 5.02 Å². The van der Waals surface area contributed by atoms with E-state index in [1.54, 1.807) is 11.3 Å². The number of rotatable bonds is 1. The molecule has 8 heteroatoms. The number of benzene rings is 1. The van der Waals surface area contributed by atoms with Crippen LogP contribution in [0.5, 0.6) is 0 Å². The highest BCUT2D eigenvalue weighted by molar-refractivity contribution is 7.15. The lowest BCUT2D eigenvalue weighted by molar-refractivity contribution is -0.137. The van der Waals surface area contributed by atoms with Crippen LogP contribution in [0.1, 0.15) is 54.0 Å². The van der Waals surface area contributed by atoms with Crippen LogP contribution in [0.4, 0.5) is 0 Å². The van der Waals surface area contributed by atoms with E-state index in [4.69, 9.17) is 16.6 Å². The Kier molecular flexibility index (Phi) is 8.32. The van der Waals surface area contributed by atoms with Gasteiger partial charge in [-0.25, -0.2) is 0 Å². The van der Waals surface area contributed by atoms with E-state index in [-0.39, 0.29) is 5.97 Å². The topological polar surface area (TPSA) is 69.4 Å². The lowest BCUT2D eigenvalue weighted by Gasteiger charge is -2.09. The largest absolute Gasteiger partial charge is 0.469 e. The molecule has 0 saturated heterocycles. The van der Waals surface area contributed by atoms with Gasteiger partial charge in [-0.3, -0.25) is 14.4 Å². The van der Waals surface area contributed by atoms with E-state index in [9.17, 15) is 4.79 Å². The van der Waals surface area contributed by atoms with Gasteiger partial charge in [0.15, 0.2) is 5.82 Å². The second kappa shape index (κ2) is 10.5. The maximum atomic E-state index is 9.59. The third-order valence-corrected chi connectivity index (χ3v) is 5.93. The maximum Gasteiger partial charge on any atom is 0.302 e. The van der Waals surface area contributed by atoms with Crippen LogP contribution in [-0.2, 0) is 16.1 Å². The summed E-state index contributed by atoms with van der Waals surface area (Å²) in [7, 11) is 1.35. The fraction of sp³-hybridized carbons (Fsp3) is 0.364. The highest BCUT2D eigenvalue weighted by atomic mass is 35.5. The van der Waals surface area contributed by atoms with Crippen molar-refractivity contribution in [2.24, 2.45) is 4.99 Å². The van der Waals surface area contributed by atoms with Crippen molar-refractivity contribution in [3.05, 3.63) is 62.5 Å². The van der Waals surface area contributed by atoms with Gasteiger partial charge in [0.2, 0.25) is 0 Å². The van der Waals surface area contributed by atoms with Crippen molar-refractivity contribution in [2.45, 2.75) is 48.1 Å². The number of carbonyl (C=O) groups is 1. The summed E-state index contributed by atoms with van der Waals surface area (Å²) < 4.78 is 6.24. The van der Waals surface area contributed by atoms with Gasteiger partial charge in [-0.15, -0.1) is 21.5 Å². The Hall–Kier alpha value is -2.51. The Balaban J connectivity index is 0.000000404. The zero-order valence-electron chi connectivity index (χ0n) is 18.4. The number of aromatic nitrogens is 3. The Bertz CT molecular complexity index is 1050. The minimum absolute atomic E-state index is 0.245. The number of ether oxygens (including phenoxy) is 1. The van der Waals surface area contributed by atoms with E-state index in [2.05, 4.69) is 33.3 Å². The van der Waals surface area contributed by atoms with Crippen LogP contribution >= 0.6 is 22.9 Å². The van der Waals surface area contributed by atoms with E-state index in [1.165, 1.54) is 30.0 Å². The van der Waals surface area contributed by atoms with Crippen molar-refractivity contribution in [3.8, 4) is 5.00 Å². The molecule has 0 unspecified atom stereocenters. The zero-order valence-corrected chi connectivity index (χ0v) is 20.0.